The summed E-state index contributed by atoms with van der Waals surface area (Å²) in [7, 11) is -4.85. The Morgan fingerprint density at radius 3 is 2.30 bits per heavy atom. The Balaban J connectivity index is 1.44. The number of nitrogens with zero attached hydrogens (tertiary/aromatic N) is 4. The van der Waals surface area contributed by atoms with Crippen molar-refractivity contribution in [1.82, 2.24) is 19.9 Å². The van der Waals surface area contributed by atoms with E-state index >= 15 is 4.39 Å². The van der Waals surface area contributed by atoms with E-state index in [1.165, 1.54) is 24.3 Å². The molecule has 2 N–H and O–H groups in total. The Morgan fingerprint density at radius 1 is 0.837 bits per heavy atom. The standard InChI is InChI=1S/C29H22F4N6O2S2/c30-16-11-12-23(35-15-16)28-38-25(26(42-28)22-13-14-34-29(37-22)36-17-5-1-2-6-17)18-7-3-10-21(24(18)33)39-43(40,41)27-19(31)8-4-9-20(27)32/h3-4,7-15,17,39H,1-2,5-6H2,(H,34,36,37). The lowest BCUT2D eigenvalue weighted by Gasteiger charge is -2.13. The van der Waals surface area contributed by atoms with E-state index in [9.17, 15) is 21.6 Å². The van der Waals surface area contributed by atoms with Gasteiger partial charge < -0.3 is 5.32 Å². The van der Waals surface area contributed by atoms with Crippen molar-refractivity contribution >= 4 is 33.0 Å². The molecule has 14 heteroatoms. The van der Waals surface area contributed by atoms with Crippen molar-refractivity contribution in [3.05, 3.63) is 90.3 Å². The van der Waals surface area contributed by atoms with Gasteiger partial charge in [-0.25, -0.2) is 40.9 Å². The van der Waals surface area contributed by atoms with E-state index in [2.05, 4.69) is 25.3 Å². The number of thiazole rings is 1. The van der Waals surface area contributed by atoms with Crippen molar-refractivity contribution in [3.8, 4) is 32.5 Å². The summed E-state index contributed by atoms with van der Waals surface area (Å²) in [5.74, 6) is -3.84. The van der Waals surface area contributed by atoms with Crippen LogP contribution in [-0.2, 0) is 10.0 Å². The van der Waals surface area contributed by atoms with E-state index in [-0.39, 0.29) is 17.3 Å². The highest BCUT2D eigenvalue weighted by Crippen LogP contribution is 2.42. The number of benzene rings is 2. The predicted octanol–water partition coefficient (Wildman–Crippen LogP) is 7.04. The molecule has 0 saturated heterocycles. The maximum Gasteiger partial charge on any atom is 0.267 e. The molecule has 3 heterocycles. The Kier molecular flexibility index (Phi) is 7.79. The van der Waals surface area contributed by atoms with Crippen molar-refractivity contribution in [2.24, 2.45) is 0 Å². The molecule has 220 valence electrons. The lowest BCUT2D eigenvalue weighted by Crippen LogP contribution is -2.17. The quantitative estimate of drug-likeness (QED) is 0.178. The van der Waals surface area contributed by atoms with Crippen molar-refractivity contribution in [2.75, 3.05) is 10.0 Å². The minimum Gasteiger partial charge on any atom is -0.351 e. The van der Waals surface area contributed by atoms with Gasteiger partial charge in [-0.3, -0.25) is 9.71 Å². The first kappa shape index (κ1) is 28.7. The van der Waals surface area contributed by atoms with Crippen LogP contribution in [0.1, 0.15) is 25.7 Å². The number of sulfonamides is 1. The summed E-state index contributed by atoms with van der Waals surface area (Å²) >= 11 is 1.13. The normalized spacial score (nSPS) is 13.8. The molecule has 0 aliphatic heterocycles. The van der Waals surface area contributed by atoms with E-state index in [4.69, 9.17) is 0 Å². The summed E-state index contributed by atoms with van der Waals surface area (Å²) in [6, 6.07) is 11.0. The number of nitrogens with one attached hydrogen (secondary N) is 2. The topological polar surface area (TPSA) is 110 Å². The third-order valence-electron chi connectivity index (χ3n) is 6.84. The number of hydrogen-bond donors (Lipinski definition) is 2. The monoisotopic (exact) mass is 626 g/mol. The molecule has 3 aromatic heterocycles. The SMILES string of the molecule is O=S(=O)(Nc1cccc(-c2nc(-c3ccc(F)cn3)sc2-c2ccnc(NC3CCCC3)n2)c1F)c1c(F)cccc1F. The molecule has 2 aromatic carbocycles. The first-order valence-electron chi connectivity index (χ1n) is 13.2. The minimum atomic E-state index is -4.85. The highest BCUT2D eigenvalue weighted by Gasteiger charge is 2.27. The molecular formula is C29H22F4N6O2S2. The summed E-state index contributed by atoms with van der Waals surface area (Å²) in [5, 5.41) is 3.65. The maximum atomic E-state index is 16.1. The van der Waals surface area contributed by atoms with Gasteiger partial charge in [-0.2, -0.15) is 0 Å². The van der Waals surface area contributed by atoms with Crippen LogP contribution in [0.4, 0.5) is 29.2 Å². The molecule has 0 atom stereocenters. The second-order valence-corrected chi connectivity index (χ2v) is 12.4. The van der Waals surface area contributed by atoms with Gasteiger partial charge >= 0.3 is 0 Å². The molecule has 0 spiro atoms. The molecule has 0 bridgehead atoms. The second kappa shape index (κ2) is 11.7. The van der Waals surface area contributed by atoms with Gasteiger partial charge in [-0.15, -0.1) is 11.3 Å². The fraction of sp³-hybridized carbons (Fsp3) is 0.172. The van der Waals surface area contributed by atoms with E-state index in [1.54, 1.807) is 12.3 Å². The summed E-state index contributed by atoms with van der Waals surface area (Å²) < 4.78 is 85.9. The zero-order valence-electron chi connectivity index (χ0n) is 22.2. The van der Waals surface area contributed by atoms with Gasteiger partial charge in [0.05, 0.1) is 33.8 Å². The van der Waals surface area contributed by atoms with Crippen LogP contribution in [0.3, 0.4) is 0 Å². The summed E-state index contributed by atoms with van der Waals surface area (Å²) in [4.78, 5) is 16.8. The molecule has 6 rings (SSSR count). The average Bonchev–Trinajstić information content (AvgIpc) is 3.65. The molecule has 1 saturated carbocycles. The van der Waals surface area contributed by atoms with Crippen LogP contribution >= 0.6 is 11.3 Å². The third kappa shape index (κ3) is 5.92. The summed E-state index contributed by atoms with van der Waals surface area (Å²) in [6.07, 6.45) is 6.78. The lowest BCUT2D eigenvalue weighted by atomic mass is 10.1. The largest absolute Gasteiger partial charge is 0.351 e. The zero-order valence-corrected chi connectivity index (χ0v) is 23.8. The van der Waals surface area contributed by atoms with Crippen LogP contribution in [0.25, 0.3) is 32.5 Å². The predicted molar refractivity (Wildman–Crippen MR) is 155 cm³/mol. The first-order chi connectivity index (χ1) is 20.7. The van der Waals surface area contributed by atoms with E-state index in [0.717, 1.165) is 67.5 Å². The number of rotatable bonds is 8. The molecule has 1 aliphatic carbocycles. The number of pyridine rings is 1. The van der Waals surface area contributed by atoms with Gasteiger partial charge in [0.1, 0.15) is 22.5 Å². The van der Waals surface area contributed by atoms with Crippen LogP contribution in [0.5, 0.6) is 0 Å². The van der Waals surface area contributed by atoms with E-state index in [0.29, 0.717) is 27.2 Å². The van der Waals surface area contributed by atoms with Gasteiger partial charge in [-0.05, 0) is 55.3 Å². The van der Waals surface area contributed by atoms with Crippen LogP contribution < -0.4 is 10.0 Å². The molecule has 5 aromatic rings. The summed E-state index contributed by atoms with van der Waals surface area (Å²) in [5.41, 5.74) is 0.177. The van der Waals surface area contributed by atoms with Crippen molar-refractivity contribution < 1.29 is 26.0 Å². The van der Waals surface area contributed by atoms with Gasteiger partial charge in [0.15, 0.2) is 10.7 Å². The van der Waals surface area contributed by atoms with E-state index < -0.39 is 43.9 Å². The Labute approximate surface area is 248 Å². The highest BCUT2D eigenvalue weighted by atomic mass is 32.2. The Morgan fingerprint density at radius 2 is 1.58 bits per heavy atom. The first-order valence-corrected chi connectivity index (χ1v) is 15.5. The van der Waals surface area contributed by atoms with Gasteiger partial charge in [0.2, 0.25) is 5.95 Å². The highest BCUT2D eigenvalue weighted by molar-refractivity contribution is 7.92. The lowest BCUT2D eigenvalue weighted by molar-refractivity contribution is 0.521. The number of anilines is 2. The molecule has 43 heavy (non-hydrogen) atoms. The molecule has 0 unspecified atom stereocenters. The Hall–Kier alpha value is -4.43. The van der Waals surface area contributed by atoms with Crippen LogP contribution in [0.2, 0.25) is 0 Å². The van der Waals surface area contributed by atoms with Gasteiger partial charge in [-0.1, -0.05) is 25.0 Å². The molecule has 0 radical (unpaired) electrons. The fourth-order valence-electron chi connectivity index (χ4n) is 4.82. The molecule has 1 aliphatic rings. The Bertz CT molecular complexity index is 1890. The van der Waals surface area contributed by atoms with Crippen LogP contribution in [0, 0.1) is 23.3 Å². The van der Waals surface area contributed by atoms with E-state index in [1.807, 2.05) is 4.72 Å². The number of halogens is 4. The summed E-state index contributed by atoms with van der Waals surface area (Å²) in [6.45, 7) is 0. The third-order valence-corrected chi connectivity index (χ3v) is 9.35. The van der Waals surface area contributed by atoms with Crippen molar-refractivity contribution in [2.45, 2.75) is 36.6 Å². The van der Waals surface area contributed by atoms with Crippen LogP contribution in [0.15, 0.2) is 71.9 Å². The van der Waals surface area contributed by atoms with Crippen molar-refractivity contribution in [3.63, 3.8) is 0 Å². The fourth-order valence-corrected chi connectivity index (χ4v) is 7.05. The maximum absolute atomic E-state index is 16.1. The second-order valence-electron chi connectivity index (χ2n) is 9.77. The smallest absolute Gasteiger partial charge is 0.267 e. The number of hydrogen-bond acceptors (Lipinski definition) is 8. The zero-order chi connectivity index (χ0) is 30.1. The van der Waals surface area contributed by atoms with Gasteiger partial charge in [0.25, 0.3) is 10.0 Å². The molecule has 0 amide bonds. The molecule has 8 nitrogen and oxygen atoms in total. The molecule has 1 fully saturated rings. The number of aromatic nitrogens is 4. The van der Waals surface area contributed by atoms with Gasteiger partial charge in [0, 0.05) is 17.8 Å². The minimum absolute atomic E-state index is 0.104. The van der Waals surface area contributed by atoms with Crippen LogP contribution in [-0.4, -0.2) is 34.4 Å². The average molecular weight is 627 g/mol. The van der Waals surface area contributed by atoms with Crippen molar-refractivity contribution in [1.29, 1.82) is 0 Å². The molecular weight excluding hydrogens is 604 g/mol.